The molecule has 0 atom stereocenters. The lowest BCUT2D eigenvalue weighted by molar-refractivity contribution is -0.602. The van der Waals surface area contributed by atoms with Crippen molar-refractivity contribution >= 4 is 20.8 Å². The summed E-state index contributed by atoms with van der Waals surface area (Å²) in [4.78, 5) is 12.9. The monoisotopic (exact) mass is 674 g/mol. The topological polar surface area (TPSA) is 82.4 Å². The van der Waals surface area contributed by atoms with Gasteiger partial charge in [0.2, 0.25) is 0 Å². The van der Waals surface area contributed by atoms with Crippen LogP contribution in [0.2, 0.25) is 0 Å². The van der Waals surface area contributed by atoms with E-state index in [2.05, 4.69) is 108 Å². The molecule has 0 unspecified atom stereocenters. The summed E-state index contributed by atoms with van der Waals surface area (Å²) < 4.78 is 41.6. The van der Waals surface area contributed by atoms with Crippen molar-refractivity contribution in [3.8, 4) is 23.1 Å². The zero-order valence-corrected chi connectivity index (χ0v) is 29.8. The third kappa shape index (κ3) is 6.81. The zero-order valence-electron chi connectivity index (χ0n) is 28.2. The average molecular weight is 675 g/mol. The van der Waals surface area contributed by atoms with Crippen molar-refractivity contribution < 1.29 is 34.5 Å². The van der Waals surface area contributed by atoms with Gasteiger partial charge in [0.05, 0.1) is 16.3 Å². The van der Waals surface area contributed by atoms with Crippen LogP contribution in [0.5, 0.6) is 11.8 Å². The Morgan fingerprint density at radius 2 is 1.34 bits per heavy atom. The molecule has 2 heterocycles. The molecule has 0 aliphatic carbocycles. The fourth-order valence-electron chi connectivity index (χ4n) is 5.96. The van der Waals surface area contributed by atoms with E-state index in [-0.39, 0.29) is 52.3 Å². The number of aromatic nitrogens is 2. The molecule has 0 aliphatic rings. The number of para-hydroxylation sites is 2. The minimum absolute atomic E-state index is 0. The summed E-state index contributed by atoms with van der Waals surface area (Å²) in [5.41, 5.74) is 6.16. The highest BCUT2D eigenvalue weighted by Crippen LogP contribution is 2.37. The fraction of sp³-hybridized carbons (Fsp3) is 0.316. The number of ether oxygens (including phenoxy) is 1. The molecule has 0 saturated carbocycles. The van der Waals surface area contributed by atoms with Gasteiger partial charge in [-0.3, -0.25) is 0 Å². The number of halogens is 1. The van der Waals surface area contributed by atoms with Gasteiger partial charge < -0.3 is 21.6 Å². The number of fused-ring (bicyclic) bond motifs is 1. The second kappa shape index (κ2) is 13.9. The van der Waals surface area contributed by atoms with E-state index in [0.717, 1.165) is 39.0 Å². The van der Waals surface area contributed by atoms with E-state index < -0.39 is 15.5 Å². The van der Waals surface area contributed by atoms with Crippen LogP contribution in [0.15, 0.2) is 99.2 Å². The first-order valence-corrected chi connectivity index (χ1v) is 17.3. The van der Waals surface area contributed by atoms with Gasteiger partial charge in [0.25, 0.3) is 0 Å². The van der Waals surface area contributed by atoms with Crippen molar-refractivity contribution in [2.24, 2.45) is 0 Å². The third-order valence-electron chi connectivity index (χ3n) is 8.37. The molecular weight excluding hydrogens is 632 g/mol. The highest BCUT2D eigenvalue weighted by atomic mass is 35.5. The number of hydrogen-bond donors (Lipinski definition) is 0. The van der Waals surface area contributed by atoms with E-state index in [0.29, 0.717) is 11.4 Å². The van der Waals surface area contributed by atoms with Gasteiger partial charge in [-0.2, -0.15) is 9.13 Å². The van der Waals surface area contributed by atoms with E-state index >= 15 is 0 Å². The highest BCUT2D eigenvalue weighted by Gasteiger charge is 2.32. The SMILES string of the molecule is C=CS(=O)(=O)c1ccc2c(Oc3n(-c4c(C(C)C)cccc4C(C)C)cc[n+]3-c3c(C(C)C)cccc3C(C)C)cc(=O)oc2c1.[Cl-]. The van der Waals surface area contributed by atoms with E-state index in [4.69, 9.17) is 9.15 Å². The summed E-state index contributed by atoms with van der Waals surface area (Å²) in [6.45, 7) is 20.8. The van der Waals surface area contributed by atoms with Gasteiger partial charge >= 0.3 is 11.6 Å². The Morgan fingerprint density at radius 1 is 0.809 bits per heavy atom. The summed E-state index contributed by atoms with van der Waals surface area (Å²) >= 11 is 0. The van der Waals surface area contributed by atoms with E-state index in [1.807, 2.05) is 12.4 Å². The van der Waals surface area contributed by atoms with Crippen LogP contribution in [-0.2, 0) is 9.84 Å². The van der Waals surface area contributed by atoms with Gasteiger partial charge in [-0.25, -0.2) is 13.2 Å². The van der Waals surface area contributed by atoms with Crippen molar-refractivity contribution in [2.45, 2.75) is 84.0 Å². The van der Waals surface area contributed by atoms with Crippen molar-refractivity contribution in [3.63, 3.8) is 0 Å². The minimum Gasteiger partial charge on any atom is -1.00 e. The molecule has 2 aromatic heterocycles. The van der Waals surface area contributed by atoms with Gasteiger partial charge in [-0.05, 0) is 35.8 Å². The first kappa shape index (κ1) is 35.7. The normalized spacial score (nSPS) is 11.9. The van der Waals surface area contributed by atoms with Crippen molar-refractivity contribution in [1.29, 1.82) is 0 Å². The molecule has 7 nitrogen and oxygen atoms in total. The van der Waals surface area contributed by atoms with E-state index in [9.17, 15) is 13.2 Å². The van der Waals surface area contributed by atoms with Crippen LogP contribution in [0.3, 0.4) is 0 Å². The van der Waals surface area contributed by atoms with Gasteiger partial charge in [-0.1, -0.05) is 98.4 Å². The number of hydrogen-bond acceptors (Lipinski definition) is 5. The highest BCUT2D eigenvalue weighted by molar-refractivity contribution is 7.94. The molecule has 248 valence electrons. The number of sulfone groups is 1. The Bertz CT molecular complexity index is 1970. The lowest BCUT2D eigenvalue weighted by atomic mass is 9.92. The maximum Gasteiger partial charge on any atom is 0.472 e. The summed E-state index contributed by atoms with van der Waals surface area (Å²) in [7, 11) is -3.75. The largest absolute Gasteiger partial charge is 1.00 e. The molecule has 0 saturated heterocycles. The Hall–Kier alpha value is -4.14. The van der Waals surface area contributed by atoms with Crippen LogP contribution in [0.4, 0.5) is 0 Å². The molecule has 3 aromatic carbocycles. The first-order chi connectivity index (χ1) is 21.7. The number of rotatable bonds is 10. The molecule has 0 radical (unpaired) electrons. The van der Waals surface area contributed by atoms with Crippen LogP contribution >= 0.6 is 0 Å². The number of benzene rings is 3. The zero-order chi connectivity index (χ0) is 33.5. The Balaban J connectivity index is 0.00000500. The minimum atomic E-state index is -3.75. The van der Waals surface area contributed by atoms with Crippen molar-refractivity contribution in [2.75, 3.05) is 0 Å². The maximum atomic E-state index is 12.9. The second-order valence-corrected chi connectivity index (χ2v) is 14.8. The standard InChI is InChI=1S/C38H43N2O5S.ClH/c1-10-46(42,43)27-17-18-32-33(21-27)44-35(41)22-34(32)45-38-39(36-28(23(2)3)13-11-14-29(36)24(4)5)19-20-40(38)37-30(25(6)7)15-12-16-31(37)26(8)9;/h10-26H,1H2,2-9H3;1H/q+1;/p-1. The third-order valence-corrected chi connectivity index (χ3v) is 9.72. The molecule has 0 aliphatic heterocycles. The van der Waals surface area contributed by atoms with Crippen LogP contribution in [0, 0.1) is 0 Å². The molecule has 0 N–H and O–H groups in total. The van der Waals surface area contributed by atoms with Crippen LogP contribution in [0.1, 0.15) is 101 Å². The van der Waals surface area contributed by atoms with Crippen LogP contribution < -0.4 is 27.3 Å². The summed E-state index contributed by atoms with van der Waals surface area (Å²) in [5.74, 6) is 1.15. The molecule has 5 rings (SSSR count). The Labute approximate surface area is 283 Å². The maximum absolute atomic E-state index is 12.9. The van der Waals surface area contributed by atoms with Crippen LogP contribution in [0.25, 0.3) is 22.3 Å². The van der Waals surface area contributed by atoms with Gasteiger partial charge in [0.15, 0.2) is 15.6 Å². The van der Waals surface area contributed by atoms with Gasteiger partial charge in [0.1, 0.15) is 29.4 Å². The molecule has 47 heavy (non-hydrogen) atoms. The number of imidazole rings is 1. The van der Waals surface area contributed by atoms with E-state index in [1.54, 1.807) is 6.07 Å². The summed E-state index contributed by atoms with van der Waals surface area (Å²) in [6, 6.07) is 19.0. The lowest BCUT2D eigenvalue weighted by Crippen LogP contribution is -3.00. The lowest BCUT2D eigenvalue weighted by Gasteiger charge is -2.19. The predicted octanol–water partition coefficient (Wildman–Crippen LogP) is 6.07. The van der Waals surface area contributed by atoms with Gasteiger partial charge in [-0.15, -0.1) is 0 Å². The van der Waals surface area contributed by atoms with E-state index in [1.165, 1.54) is 18.2 Å². The van der Waals surface area contributed by atoms with Gasteiger partial charge in [0, 0.05) is 33.7 Å². The summed E-state index contributed by atoms with van der Waals surface area (Å²) in [5, 5.41) is 1.34. The first-order valence-electron chi connectivity index (χ1n) is 15.8. The molecule has 0 spiro atoms. The Morgan fingerprint density at radius 3 is 1.85 bits per heavy atom. The van der Waals surface area contributed by atoms with Crippen molar-refractivity contribution in [1.82, 2.24) is 4.57 Å². The molecule has 0 bridgehead atoms. The quantitative estimate of drug-likeness (QED) is 0.133. The molecule has 5 aromatic rings. The smallest absolute Gasteiger partial charge is 0.472 e. The fourth-order valence-corrected chi connectivity index (χ4v) is 6.69. The number of nitrogens with zero attached hydrogens (tertiary/aromatic N) is 2. The predicted molar refractivity (Wildman–Crippen MR) is 184 cm³/mol. The Kier molecular flexibility index (Phi) is 10.6. The average Bonchev–Trinajstić information content (AvgIpc) is 3.42. The summed E-state index contributed by atoms with van der Waals surface area (Å²) in [6.07, 6.45) is 4.04. The molecule has 0 amide bonds. The van der Waals surface area contributed by atoms with Crippen LogP contribution in [-0.4, -0.2) is 13.0 Å². The second-order valence-electron chi connectivity index (χ2n) is 12.9. The molecule has 0 fully saturated rings. The van der Waals surface area contributed by atoms with Crippen molar-refractivity contribution in [3.05, 3.63) is 118 Å². The molecule has 9 heteroatoms. The molecular formula is C38H43ClN2O5S.